The minimum absolute atomic E-state index is 0.181. The predicted molar refractivity (Wildman–Crippen MR) is 104 cm³/mol. The molecule has 0 aliphatic carbocycles. The van der Waals surface area contributed by atoms with Gasteiger partial charge in [0.25, 0.3) is 0 Å². The van der Waals surface area contributed by atoms with Gasteiger partial charge in [-0.25, -0.2) is 4.39 Å². The Kier molecular flexibility index (Phi) is 6.90. The quantitative estimate of drug-likeness (QED) is 0.636. The lowest BCUT2D eigenvalue weighted by atomic mass is 10.2. The van der Waals surface area contributed by atoms with Gasteiger partial charge < -0.3 is 10.6 Å². The lowest BCUT2D eigenvalue weighted by molar-refractivity contribution is -0.121. The molecule has 7 heteroatoms. The van der Waals surface area contributed by atoms with E-state index in [1.165, 1.54) is 18.2 Å². The fourth-order valence-corrected chi connectivity index (χ4v) is 2.85. The molecule has 0 heterocycles. The van der Waals surface area contributed by atoms with Crippen molar-refractivity contribution < 1.29 is 14.0 Å². The van der Waals surface area contributed by atoms with E-state index in [1.807, 2.05) is 19.1 Å². The summed E-state index contributed by atoms with van der Waals surface area (Å²) in [7, 11) is 0. The third-order valence-electron chi connectivity index (χ3n) is 3.26. The van der Waals surface area contributed by atoms with E-state index in [2.05, 4.69) is 42.5 Å². The van der Waals surface area contributed by atoms with E-state index < -0.39 is 11.7 Å². The van der Waals surface area contributed by atoms with E-state index in [0.717, 1.165) is 10.0 Å². The predicted octanol–water partition coefficient (Wildman–Crippen LogP) is 4.43. The van der Waals surface area contributed by atoms with Gasteiger partial charge in [-0.05, 0) is 55.0 Å². The van der Waals surface area contributed by atoms with Gasteiger partial charge in [-0.1, -0.05) is 31.9 Å². The van der Waals surface area contributed by atoms with E-state index in [0.29, 0.717) is 10.2 Å². The minimum atomic E-state index is -0.484. The van der Waals surface area contributed by atoms with E-state index in [-0.39, 0.29) is 18.0 Å². The molecule has 0 saturated carbocycles. The number of hydrogen-bond acceptors (Lipinski definition) is 2. The first-order chi connectivity index (χ1) is 11.8. The van der Waals surface area contributed by atoms with Crippen LogP contribution in [-0.4, -0.2) is 18.4 Å². The molecule has 25 heavy (non-hydrogen) atoms. The van der Waals surface area contributed by atoms with Crippen LogP contribution < -0.4 is 10.6 Å². The molecule has 0 bridgehead atoms. The van der Waals surface area contributed by atoms with Crippen LogP contribution in [0, 0.1) is 12.7 Å². The molecule has 130 valence electrons. The number of anilines is 1. The Bertz CT molecular complexity index is 838. The summed E-state index contributed by atoms with van der Waals surface area (Å²) < 4.78 is 15.2. The number of nitrogens with one attached hydrogen (secondary N) is 2. The summed E-state index contributed by atoms with van der Waals surface area (Å²) in [5, 5.41) is 5.18. The Balaban J connectivity index is 1.87. The Labute approximate surface area is 161 Å². The Morgan fingerprint density at radius 3 is 2.52 bits per heavy atom. The zero-order valence-electron chi connectivity index (χ0n) is 13.3. The van der Waals surface area contributed by atoms with Crippen molar-refractivity contribution in [2.24, 2.45) is 0 Å². The molecule has 0 saturated heterocycles. The molecule has 2 rings (SSSR count). The maximum atomic E-state index is 13.6. The summed E-state index contributed by atoms with van der Waals surface area (Å²) in [5.74, 6) is -1.27. The van der Waals surface area contributed by atoms with Crippen LogP contribution in [0.25, 0.3) is 6.08 Å². The lowest BCUT2D eigenvalue weighted by Gasteiger charge is -2.09. The highest BCUT2D eigenvalue weighted by Crippen LogP contribution is 2.20. The van der Waals surface area contributed by atoms with Crippen LogP contribution in [0.3, 0.4) is 0 Å². The first-order valence-electron chi connectivity index (χ1n) is 7.32. The number of carbonyl (C=O) groups is 2. The molecule has 2 N–H and O–H groups in total. The molecule has 0 atom stereocenters. The number of rotatable bonds is 5. The zero-order chi connectivity index (χ0) is 18.4. The summed E-state index contributed by atoms with van der Waals surface area (Å²) in [5.41, 5.74) is 1.85. The summed E-state index contributed by atoms with van der Waals surface area (Å²) in [6.45, 7) is 1.69. The van der Waals surface area contributed by atoms with Gasteiger partial charge in [0.05, 0.1) is 6.54 Å². The van der Waals surface area contributed by atoms with E-state index in [4.69, 9.17) is 0 Å². The summed E-state index contributed by atoms with van der Waals surface area (Å²) in [6, 6.07) is 9.90. The van der Waals surface area contributed by atoms with Gasteiger partial charge in [0, 0.05) is 26.3 Å². The molecule has 0 fully saturated rings. The fraction of sp³-hybridized carbons (Fsp3) is 0.111. The lowest BCUT2D eigenvalue weighted by Crippen LogP contribution is -2.31. The number of halogens is 3. The standard InChI is InChI=1S/C18H15Br2FN2O2/c1-11-8-13(19)4-6-16(11)23-18(25)10-22-17(24)7-2-12-9-14(20)3-5-15(12)21/h2-9H,10H2,1H3,(H,22,24)(H,23,25)/b7-2+. The van der Waals surface area contributed by atoms with Crippen molar-refractivity contribution in [2.75, 3.05) is 11.9 Å². The summed E-state index contributed by atoms with van der Waals surface area (Å²) in [6.07, 6.45) is 2.54. The van der Waals surface area contributed by atoms with Crippen LogP contribution in [0.2, 0.25) is 0 Å². The third kappa shape index (κ3) is 6.10. The molecule has 0 aromatic heterocycles. The van der Waals surface area contributed by atoms with Crippen molar-refractivity contribution in [2.45, 2.75) is 6.92 Å². The zero-order valence-corrected chi connectivity index (χ0v) is 16.4. The summed E-state index contributed by atoms with van der Waals surface area (Å²) in [4.78, 5) is 23.7. The molecule has 2 aromatic rings. The SMILES string of the molecule is Cc1cc(Br)ccc1NC(=O)CNC(=O)/C=C/c1cc(Br)ccc1F. The molecule has 0 unspecified atom stereocenters. The van der Waals surface area contributed by atoms with Crippen molar-refractivity contribution in [1.82, 2.24) is 5.32 Å². The van der Waals surface area contributed by atoms with Crippen LogP contribution >= 0.6 is 31.9 Å². The van der Waals surface area contributed by atoms with Gasteiger partial charge >= 0.3 is 0 Å². The van der Waals surface area contributed by atoms with Gasteiger partial charge in [0.2, 0.25) is 11.8 Å². The van der Waals surface area contributed by atoms with Crippen LogP contribution in [-0.2, 0) is 9.59 Å². The van der Waals surface area contributed by atoms with Gasteiger partial charge in [-0.3, -0.25) is 9.59 Å². The number of hydrogen-bond donors (Lipinski definition) is 2. The average Bonchev–Trinajstić information content (AvgIpc) is 2.56. The molecular formula is C18H15Br2FN2O2. The van der Waals surface area contributed by atoms with E-state index >= 15 is 0 Å². The van der Waals surface area contributed by atoms with Gasteiger partial charge in [-0.2, -0.15) is 0 Å². The second-order valence-electron chi connectivity index (χ2n) is 5.22. The highest BCUT2D eigenvalue weighted by molar-refractivity contribution is 9.10. The minimum Gasteiger partial charge on any atom is -0.343 e. The first kappa shape index (κ1) is 19.3. The second-order valence-corrected chi connectivity index (χ2v) is 7.06. The van der Waals surface area contributed by atoms with Crippen molar-refractivity contribution in [3.05, 3.63) is 68.4 Å². The van der Waals surface area contributed by atoms with Crippen LogP contribution in [0.15, 0.2) is 51.4 Å². The van der Waals surface area contributed by atoms with Crippen LogP contribution in [0.5, 0.6) is 0 Å². The van der Waals surface area contributed by atoms with Gasteiger partial charge in [0.1, 0.15) is 5.82 Å². The number of benzene rings is 2. The molecule has 2 amide bonds. The number of amides is 2. The Morgan fingerprint density at radius 2 is 1.80 bits per heavy atom. The van der Waals surface area contributed by atoms with Crippen LogP contribution in [0.1, 0.15) is 11.1 Å². The monoisotopic (exact) mass is 468 g/mol. The molecular weight excluding hydrogens is 455 g/mol. The Morgan fingerprint density at radius 1 is 1.12 bits per heavy atom. The van der Waals surface area contributed by atoms with Crippen molar-refractivity contribution in [3.63, 3.8) is 0 Å². The van der Waals surface area contributed by atoms with Gasteiger partial charge in [-0.15, -0.1) is 0 Å². The molecule has 0 spiro atoms. The van der Waals surface area contributed by atoms with E-state index in [9.17, 15) is 14.0 Å². The highest BCUT2D eigenvalue weighted by atomic mass is 79.9. The summed E-state index contributed by atoms with van der Waals surface area (Å²) >= 11 is 6.59. The maximum Gasteiger partial charge on any atom is 0.244 e. The topological polar surface area (TPSA) is 58.2 Å². The molecule has 4 nitrogen and oxygen atoms in total. The molecule has 2 aromatic carbocycles. The normalized spacial score (nSPS) is 10.7. The molecule has 0 aliphatic heterocycles. The molecule has 0 aliphatic rings. The largest absolute Gasteiger partial charge is 0.343 e. The van der Waals surface area contributed by atoms with Crippen molar-refractivity contribution in [3.8, 4) is 0 Å². The molecule has 0 radical (unpaired) electrons. The highest BCUT2D eigenvalue weighted by Gasteiger charge is 2.07. The Hall–Kier alpha value is -1.99. The number of carbonyl (C=O) groups excluding carboxylic acids is 2. The van der Waals surface area contributed by atoms with Gasteiger partial charge in [0.15, 0.2) is 0 Å². The second kappa shape index (κ2) is 8.92. The first-order valence-corrected chi connectivity index (χ1v) is 8.91. The van der Waals surface area contributed by atoms with Crippen LogP contribution in [0.4, 0.5) is 10.1 Å². The average molecular weight is 470 g/mol. The fourth-order valence-electron chi connectivity index (χ4n) is 2.00. The number of aryl methyl sites for hydroxylation is 1. The van der Waals surface area contributed by atoms with E-state index in [1.54, 1.807) is 18.2 Å². The smallest absolute Gasteiger partial charge is 0.244 e. The maximum absolute atomic E-state index is 13.6. The third-order valence-corrected chi connectivity index (χ3v) is 4.24. The van der Waals surface area contributed by atoms with Crippen molar-refractivity contribution in [1.29, 1.82) is 0 Å². The van der Waals surface area contributed by atoms with Crippen molar-refractivity contribution >= 4 is 55.4 Å².